The average molecular weight is 470 g/mol. The molecule has 3 aromatic rings. The summed E-state index contributed by atoms with van der Waals surface area (Å²) in [6, 6.07) is 19.5. The minimum absolute atomic E-state index is 0.144. The lowest BCUT2D eigenvalue weighted by atomic mass is 9.97. The summed E-state index contributed by atoms with van der Waals surface area (Å²) < 4.78 is 5.61. The number of phenolic OH excluding ortho intramolecular Hbond substituents is 1. The number of hydrogen-bond acceptors (Lipinski definition) is 3. The lowest BCUT2D eigenvalue weighted by molar-refractivity contribution is -0.731. The topological polar surface area (TPSA) is 58.1 Å². The maximum atomic E-state index is 10.9. The second-order valence-corrected chi connectivity index (χ2v) is 8.61. The van der Waals surface area contributed by atoms with Crippen LogP contribution in [0.5, 0.6) is 11.5 Å². The Labute approximate surface area is 198 Å². The second-order valence-electron chi connectivity index (χ2n) is 7.76. The summed E-state index contributed by atoms with van der Waals surface area (Å²) >= 11 is 12.7. The molecule has 1 aliphatic rings. The van der Waals surface area contributed by atoms with E-state index in [4.69, 9.17) is 27.9 Å². The van der Waals surface area contributed by atoms with Gasteiger partial charge < -0.3 is 20.5 Å². The van der Waals surface area contributed by atoms with Gasteiger partial charge in [-0.15, -0.1) is 0 Å². The van der Waals surface area contributed by atoms with Gasteiger partial charge in [0, 0.05) is 22.4 Å². The van der Waals surface area contributed by atoms with Gasteiger partial charge in [-0.25, -0.2) is 0 Å². The van der Waals surface area contributed by atoms with Crippen molar-refractivity contribution in [3.8, 4) is 11.5 Å². The summed E-state index contributed by atoms with van der Waals surface area (Å²) in [6.07, 6.45) is 2.96. The molecule has 1 aliphatic heterocycles. The monoisotopic (exact) mass is 469 g/mol. The van der Waals surface area contributed by atoms with Crippen LogP contribution in [-0.4, -0.2) is 11.7 Å². The van der Waals surface area contributed by atoms with Crippen LogP contribution in [0.15, 0.2) is 66.7 Å². The minimum Gasteiger partial charge on any atom is -0.504 e. The van der Waals surface area contributed by atoms with E-state index in [0.717, 1.165) is 28.8 Å². The third-order valence-corrected chi connectivity index (χ3v) is 6.28. The highest BCUT2D eigenvalue weighted by molar-refractivity contribution is 6.35. The molecule has 2 unspecified atom stereocenters. The second kappa shape index (κ2) is 9.86. The maximum Gasteiger partial charge on any atom is 0.188 e. The SMILES string of the molecule is CCOc1cccc(C2C=C(c3ccc(CC)cc3)NC(c3ccc(Cl)cc3Cl)[NH2+]2)c1O. The highest BCUT2D eigenvalue weighted by Crippen LogP contribution is 2.36. The van der Waals surface area contributed by atoms with Crippen molar-refractivity contribution >= 4 is 28.9 Å². The summed E-state index contributed by atoms with van der Waals surface area (Å²) in [4.78, 5) is 0. The molecular formula is C26H27Cl2N2O2+. The first-order valence-corrected chi connectivity index (χ1v) is 11.6. The molecule has 0 aliphatic carbocycles. The summed E-state index contributed by atoms with van der Waals surface area (Å²) in [5.74, 6) is 0.649. The molecule has 4 nitrogen and oxygen atoms in total. The number of hydrogen-bond donors (Lipinski definition) is 3. The molecule has 3 aromatic carbocycles. The summed E-state index contributed by atoms with van der Waals surface area (Å²) in [7, 11) is 0. The number of rotatable bonds is 6. The fourth-order valence-corrected chi connectivity index (χ4v) is 4.54. The van der Waals surface area contributed by atoms with Crippen LogP contribution < -0.4 is 15.4 Å². The standard InChI is InChI=1S/C26H26Cl2N2O2/c1-3-16-8-10-17(11-9-16)22-15-23(20-6-5-7-24(25(20)31)32-4-2)30-26(29-22)19-13-12-18(27)14-21(19)28/h5-15,23,26,29-31H,3-4H2,1-2H3/p+1. The Morgan fingerprint density at radius 1 is 1.00 bits per heavy atom. The van der Waals surface area contributed by atoms with Gasteiger partial charge in [-0.3, -0.25) is 0 Å². The van der Waals surface area contributed by atoms with Crippen molar-refractivity contribution in [3.05, 3.63) is 99.0 Å². The number of quaternary nitrogens is 1. The van der Waals surface area contributed by atoms with E-state index in [-0.39, 0.29) is 18.0 Å². The third kappa shape index (κ3) is 4.73. The quantitative estimate of drug-likeness (QED) is 0.439. The molecule has 0 bridgehead atoms. The predicted molar refractivity (Wildman–Crippen MR) is 130 cm³/mol. The minimum atomic E-state index is -0.161. The molecule has 0 fully saturated rings. The molecule has 0 aromatic heterocycles. The first kappa shape index (κ1) is 22.5. The average Bonchev–Trinajstić information content (AvgIpc) is 2.80. The first-order chi connectivity index (χ1) is 15.5. The van der Waals surface area contributed by atoms with Gasteiger partial charge >= 0.3 is 0 Å². The molecule has 0 saturated heterocycles. The largest absolute Gasteiger partial charge is 0.504 e. The molecule has 0 saturated carbocycles. The molecule has 6 heteroatoms. The zero-order valence-corrected chi connectivity index (χ0v) is 19.6. The van der Waals surface area contributed by atoms with Gasteiger partial charge in [0.25, 0.3) is 0 Å². The molecule has 1 heterocycles. The number of phenols is 1. The lowest BCUT2D eigenvalue weighted by Gasteiger charge is -2.30. The summed E-state index contributed by atoms with van der Waals surface area (Å²) in [5, 5.41) is 17.9. The van der Waals surface area contributed by atoms with E-state index >= 15 is 0 Å². The summed E-state index contributed by atoms with van der Waals surface area (Å²) in [6.45, 7) is 4.53. The Bertz CT molecular complexity index is 1130. The van der Waals surface area contributed by atoms with E-state index in [1.54, 1.807) is 12.1 Å². The van der Waals surface area contributed by atoms with Crippen LogP contribution in [0.4, 0.5) is 0 Å². The van der Waals surface area contributed by atoms with E-state index in [9.17, 15) is 5.11 Å². The number of aryl methyl sites for hydroxylation is 1. The van der Waals surface area contributed by atoms with Gasteiger partial charge in [0.1, 0.15) is 6.04 Å². The number of benzene rings is 3. The number of para-hydroxylation sites is 1. The highest BCUT2D eigenvalue weighted by Gasteiger charge is 2.31. The molecule has 4 N–H and O–H groups in total. The van der Waals surface area contributed by atoms with E-state index in [1.165, 1.54) is 5.56 Å². The van der Waals surface area contributed by atoms with Gasteiger partial charge in [0.15, 0.2) is 17.7 Å². The van der Waals surface area contributed by atoms with Crippen molar-refractivity contribution in [1.29, 1.82) is 0 Å². The van der Waals surface area contributed by atoms with Crippen LogP contribution in [0.25, 0.3) is 5.70 Å². The van der Waals surface area contributed by atoms with E-state index < -0.39 is 0 Å². The van der Waals surface area contributed by atoms with Crippen molar-refractivity contribution in [2.75, 3.05) is 6.61 Å². The third-order valence-electron chi connectivity index (χ3n) is 5.72. The van der Waals surface area contributed by atoms with Crippen LogP contribution in [0.1, 0.15) is 48.3 Å². The molecule has 0 spiro atoms. The normalized spacial score (nSPS) is 18.1. The lowest BCUT2D eigenvalue weighted by Crippen LogP contribution is -2.89. The fraction of sp³-hybridized carbons (Fsp3) is 0.231. The highest BCUT2D eigenvalue weighted by atomic mass is 35.5. The van der Waals surface area contributed by atoms with E-state index in [1.807, 2.05) is 31.2 Å². The molecular weight excluding hydrogens is 443 g/mol. The number of ether oxygens (including phenoxy) is 1. The van der Waals surface area contributed by atoms with E-state index in [2.05, 4.69) is 47.9 Å². The van der Waals surface area contributed by atoms with Crippen LogP contribution in [0, 0.1) is 0 Å². The van der Waals surface area contributed by atoms with Crippen molar-refractivity contribution < 1.29 is 15.2 Å². The smallest absolute Gasteiger partial charge is 0.188 e. The molecule has 4 rings (SSSR count). The Morgan fingerprint density at radius 2 is 1.78 bits per heavy atom. The fourth-order valence-electron chi connectivity index (χ4n) is 4.01. The number of nitrogens with one attached hydrogen (secondary N) is 1. The Kier molecular flexibility index (Phi) is 6.95. The van der Waals surface area contributed by atoms with Gasteiger partial charge in [-0.1, -0.05) is 60.5 Å². The van der Waals surface area contributed by atoms with Crippen LogP contribution in [0.3, 0.4) is 0 Å². The molecule has 0 amide bonds. The zero-order chi connectivity index (χ0) is 22.7. The summed E-state index contributed by atoms with van der Waals surface area (Å²) in [5.41, 5.74) is 5.06. The molecule has 32 heavy (non-hydrogen) atoms. The molecule has 2 atom stereocenters. The van der Waals surface area contributed by atoms with Gasteiger partial charge in [-0.2, -0.15) is 0 Å². The predicted octanol–water partition coefficient (Wildman–Crippen LogP) is 5.61. The Morgan fingerprint density at radius 3 is 2.47 bits per heavy atom. The Balaban J connectivity index is 1.77. The maximum absolute atomic E-state index is 10.9. The van der Waals surface area contributed by atoms with Crippen molar-refractivity contribution in [2.45, 2.75) is 32.5 Å². The van der Waals surface area contributed by atoms with Crippen molar-refractivity contribution in [1.82, 2.24) is 5.32 Å². The van der Waals surface area contributed by atoms with Crippen LogP contribution >= 0.6 is 23.2 Å². The number of nitrogens with two attached hydrogens (primary N) is 1. The van der Waals surface area contributed by atoms with Crippen LogP contribution in [-0.2, 0) is 6.42 Å². The molecule has 166 valence electrons. The van der Waals surface area contributed by atoms with Gasteiger partial charge in [0.2, 0.25) is 0 Å². The zero-order valence-electron chi connectivity index (χ0n) is 18.1. The number of aromatic hydroxyl groups is 1. The van der Waals surface area contributed by atoms with Crippen molar-refractivity contribution in [3.63, 3.8) is 0 Å². The Hall–Kier alpha value is -2.66. The first-order valence-electron chi connectivity index (χ1n) is 10.8. The van der Waals surface area contributed by atoms with Crippen molar-refractivity contribution in [2.24, 2.45) is 0 Å². The van der Waals surface area contributed by atoms with E-state index in [0.29, 0.717) is 22.4 Å². The van der Waals surface area contributed by atoms with Gasteiger partial charge in [0.05, 0.1) is 17.2 Å². The van der Waals surface area contributed by atoms with Crippen LogP contribution in [0.2, 0.25) is 10.0 Å². The van der Waals surface area contributed by atoms with Gasteiger partial charge in [-0.05, 0) is 54.8 Å². The number of halogens is 2. The molecule has 0 radical (unpaired) electrons.